The Balaban J connectivity index is 1.57. The lowest BCUT2D eigenvalue weighted by molar-refractivity contribution is -0.121. The fourth-order valence-corrected chi connectivity index (χ4v) is 2.46. The second-order valence-corrected chi connectivity index (χ2v) is 5.59. The lowest BCUT2D eigenvalue weighted by atomic mass is 10.1. The summed E-state index contributed by atoms with van der Waals surface area (Å²) in [5.74, 6) is -0.461. The number of Topliss-reactive ketones (excluding diaryl/α,β-unsaturated/α-hetero) is 1. The number of amides is 1. The highest BCUT2D eigenvalue weighted by Crippen LogP contribution is 2.08. The Bertz CT molecular complexity index is 513. The number of ether oxygens (including phenoxy) is 1. The molecular formula is C17H23FN2O3. The van der Waals surface area contributed by atoms with E-state index in [-0.39, 0.29) is 17.5 Å². The summed E-state index contributed by atoms with van der Waals surface area (Å²) in [5.41, 5.74) is 0.485. The SMILES string of the molecule is O=C(CCCC(=O)c1ccc(F)cc1)NCCN1CCOCC1. The zero-order valence-corrected chi connectivity index (χ0v) is 13.2. The van der Waals surface area contributed by atoms with E-state index in [9.17, 15) is 14.0 Å². The zero-order valence-electron chi connectivity index (χ0n) is 13.2. The molecule has 0 atom stereocenters. The lowest BCUT2D eigenvalue weighted by Gasteiger charge is -2.26. The summed E-state index contributed by atoms with van der Waals surface area (Å²) in [6.45, 7) is 4.75. The van der Waals surface area contributed by atoms with Crippen LogP contribution >= 0.6 is 0 Å². The molecule has 6 heteroatoms. The van der Waals surface area contributed by atoms with Crippen molar-refractivity contribution in [1.29, 1.82) is 0 Å². The summed E-state index contributed by atoms with van der Waals surface area (Å²) >= 11 is 0. The molecule has 1 heterocycles. The highest BCUT2D eigenvalue weighted by Gasteiger charge is 2.11. The van der Waals surface area contributed by atoms with Crippen LogP contribution in [0.25, 0.3) is 0 Å². The Labute approximate surface area is 135 Å². The van der Waals surface area contributed by atoms with Crippen LogP contribution in [0.1, 0.15) is 29.6 Å². The Kier molecular flexibility index (Phi) is 7.16. The first-order valence-corrected chi connectivity index (χ1v) is 8.01. The van der Waals surface area contributed by atoms with Gasteiger partial charge in [0.1, 0.15) is 5.82 Å². The number of hydrogen-bond acceptors (Lipinski definition) is 4. The van der Waals surface area contributed by atoms with E-state index >= 15 is 0 Å². The third-order valence-corrected chi connectivity index (χ3v) is 3.83. The third-order valence-electron chi connectivity index (χ3n) is 3.83. The third kappa shape index (κ3) is 6.46. The van der Waals surface area contributed by atoms with Gasteiger partial charge in [-0.3, -0.25) is 14.5 Å². The van der Waals surface area contributed by atoms with Gasteiger partial charge in [-0.2, -0.15) is 0 Å². The minimum Gasteiger partial charge on any atom is -0.379 e. The molecule has 1 saturated heterocycles. The van der Waals surface area contributed by atoms with Gasteiger partial charge < -0.3 is 10.1 Å². The molecule has 1 fully saturated rings. The summed E-state index contributed by atoms with van der Waals surface area (Å²) in [6.07, 6.45) is 1.12. The molecule has 0 radical (unpaired) electrons. The van der Waals surface area contributed by atoms with E-state index in [2.05, 4.69) is 10.2 Å². The molecule has 2 rings (SSSR count). The van der Waals surface area contributed by atoms with Crippen molar-refractivity contribution in [3.8, 4) is 0 Å². The molecule has 0 aliphatic carbocycles. The largest absolute Gasteiger partial charge is 0.379 e. The van der Waals surface area contributed by atoms with E-state index in [1.165, 1.54) is 24.3 Å². The molecule has 0 aromatic heterocycles. The normalized spacial score (nSPS) is 15.3. The molecule has 0 bridgehead atoms. The summed E-state index contributed by atoms with van der Waals surface area (Å²) in [7, 11) is 0. The number of carbonyl (C=O) groups is 2. The topological polar surface area (TPSA) is 58.6 Å². The predicted octanol–water partition coefficient (Wildman–Crippen LogP) is 1.63. The number of hydrogen-bond donors (Lipinski definition) is 1. The molecule has 1 N–H and O–H groups in total. The minimum absolute atomic E-state index is 0.0369. The van der Waals surface area contributed by atoms with Gasteiger partial charge in [-0.05, 0) is 30.7 Å². The minimum atomic E-state index is -0.360. The molecule has 23 heavy (non-hydrogen) atoms. The van der Waals surface area contributed by atoms with Crippen molar-refractivity contribution in [2.45, 2.75) is 19.3 Å². The average Bonchev–Trinajstić information content (AvgIpc) is 2.56. The molecule has 1 aromatic rings. The first-order chi connectivity index (χ1) is 11.1. The van der Waals surface area contributed by atoms with Crippen molar-refractivity contribution >= 4 is 11.7 Å². The summed E-state index contributed by atoms with van der Waals surface area (Å²) in [4.78, 5) is 25.9. The Morgan fingerprint density at radius 2 is 1.83 bits per heavy atom. The van der Waals surface area contributed by atoms with Gasteiger partial charge >= 0.3 is 0 Å². The first kappa shape index (κ1) is 17.6. The number of nitrogens with zero attached hydrogens (tertiary/aromatic N) is 1. The van der Waals surface area contributed by atoms with Crippen LogP contribution in [0.4, 0.5) is 4.39 Å². The van der Waals surface area contributed by atoms with Gasteiger partial charge in [-0.25, -0.2) is 4.39 Å². The quantitative estimate of drug-likeness (QED) is 0.739. The van der Waals surface area contributed by atoms with Gasteiger partial charge in [0.05, 0.1) is 13.2 Å². The summed E-state index contributed by atoms with van der Waals surface area (Å²) in [5, 5.41) is 2.87. The van der Waals surface area contributed by atoms with E-state index in [4.69, 9.17) is 4.74 Å². The number of ketones is 1. The molecule has 0 saturated carbocycles. The molecule has 126 valence electrons. The predicted molar refractivity (Wildman–Crippen MR) is 84.9 cm³/mol. The maximum absolute atomic E-state index is 12.8. The van der Waals surface area contributed by atoms with Crippen LogP contribution in [0.2, 0.25) is 0 Å². The summed E-state index contributed by atoms with van der Waals surface area (Å²) < 4.78 is 18.1. The van der Waals surface area contributed by atoms with E-state index in [1.54, 1.807) is 0 Å². The van der Waals surface area contributed by atoms with Crippen LogP contribution in [0.5, 0.6) is 0 Å². The van der Waals surface area contributed by atoms with Crippen LogP contribution in [0.3, 0.4) is 0 Å². The van der Waals surface area contributed by atoms with Crippen LogP contribution in [-0.4, -0.2) is 56.0 Å². The van der Waals surface area contributed by atoms with Gasteiger partial charge in [0.2, 0.25) is 5.91 Å². The van der Waals surface area contributed by atoms with Crippen molar-refractivity contribution in [1.82, 2.24) is 10.2 Å². The second kappa shape index (κ2) is 9.37. The van der Waals surface area contributed by atoms with Crippen LogP contribution in [-0.2, 0) is 9.53 Å². The molecule has 1 amide bonds. The monoisotopic (exact) mass is 322 g/mol. The number of nitrogens with one attached hydrogen (secondary N) is 1. The smallest absolute Gasteiger partial charge is 0.220 e. The maximum Gasteiger partial charge on any atom is 0.220 e. The Morgan fingerprint density at radius 3 is 2.52 bits per heavy atom. The number of carbonyl (C=O) groups excluding carboxylic acids is 2. The van der Waals surface area contributed by atoms with Crippen LogP contribution in [0.15, 0.2) is 24.3 Å². The Hall–Kier alpha value is -1.79. The van der Waals surface area contributed by atoms with Crippen LogP contribution < -0.4 is 5.32 Å². The number of rotatable bonds is 8. The molecule has 5 nitrogen and oxygen atoms in total. The fraction of sp³-hybridized carbons (Fsp3) is 0.529. The molecule has 0 spiro atoms. The van der Waals surface area contributed by atoms with Crippen molar-refractivity contribution in [3.05, 3.63) is 35.6 Å². The van der Waals surface area contributed by atoms with Gasteiger partial charge in [0.15, 0.2) is 5.78 Å². The van der Waals surface area contributed by atoms with E-state index in [0.29, 0.717) is 31.4 Å². The van der Waals surface area contributed by atoms with Gasteiger partial charge in [0.25, 0.3) is 0 Å². The highest BCUT2D eigenvalue weighted by molar-refractivity contribution is 5.96. The molecule has 1 aromatic carbocycles. The summed E-state index contributed by atoms with van der Waals surface area (Å²) in [6, 6.07) is 5.48. The molecule has 1 aliphatic rings. The number of benzene rings is 1. The van der Waals surface area contributed by atoms with Crippen molar-refractivity contribution in [3.63, 3.8) is 0 Å². The second-order valence-electron chi connectivity index (χ2n) is 5.59. The van der Waals surface area contributed by atoms with Crippen molar-refractivity contribution < 1.29 is 18.7 Å². The highest BCUT2D eigenvalue weighted by atomic mass is 19.1. The van der Waals surface area contributed by atoms with Gasteiger partial charge in [-0.1, -0.05) is 0 Å². The van der Waals surface area contributed by atoms with Crippen molar-refractivity contribution in [2.24, 2.45) is 0 Å². The van der Waals surface area contributed by atoms with E-state index in [1.807, 2.05) is 0 Å². The number of halogens is 1. The first-order valence-electron chi connectivity index (χ1n) is 8.01. The van der Waals surface area contributed by atoms with E-state index in [0.717, 1.165) is 32.8 Å². The van der Waals surface area contributed by atoms with E-state index < -0.39 is 0 Å². The standard InChI is InChI=1S/C17H23FN2O3/c18-15-6-4-14(5-7-15)16(21)2-1-3-17(22)19-8-9-20-10-12-23-13-11-20/h4-7H,1-3,8-13H2,(H,19,22). The molecule has 1 aliphatic heterocycles. The Morgan fingerprint density at radius 1 is 1.13 bits per heavy atom. The van der Waals surface area contributed by atoms with Crippen molar-refractivity contribution in [2.75, 3.05) is 39.4 Å². The van der Waals surface area contributed by atoms with Crippen LogP contribution in [0, 0.1) is 5.82 Å². The number of morpholine rings is 1. The maximum atomic E-state index is 12.8. The molecule has 0 unspecified atom stereocenters. The molecular weight excluding hydrogens is 299 g/mol. The zero-order chi connectivity index (χ0) is 16.5. The average molecular weight is 322 g/mol. The van der Waals surface area contributed by atoms with Gasteiger partial charge in [-0.15, -0.1) is 0 Å². The van der Waals surface area contributed by atoms with Gasteiger partial charge in [0, 0.05) is 44.6 Å². The lowest BCUT2D eigenvalue weighted by Crippen LogP contribution is -2.41. The fourth-order valence-electron chi connectivity index (χ4n) is 2.46.